The second-order valence-electron chi connectivity index (χ2n) is 12.0. The van der Waals surface area contributed by atoms with Crippen LogP contribution in [0.3, 0.4) is 0 Å². The fourth-order valence-corrected chi connectivity index (χ4v) is 5.38. The number of benzene rings is 3. The smallest absolute Gasteiger partial charge is 0.293 e. The van der Waals surface area contributed by atoms with E-state index < -0.39 is 0 Å². The minimum Gasteiger partial charge on any atom is -0.383 e. The first-order valence-corrected chi connectivity index (χ1v) is 15.2. The van der Waals surface area contributed by atoms with E-state index in [2.05, 4.69) is 50.6 Å². The number of hydrogen-bond donors (Lipinski definition) is 3. The van der Waals surface area contributed by atoms with Crippen LogP contribution in [0, 0.1) is 6.92 Å². The van der Waals surface area contributed by atoms with Gasteiger partial charge in [-0.15, -0.1) is 0 Å². The van der Waals surface area contributed by atoms with Crippen molar-refractivity contribution in [2.45, 2.75) is 59.8 Å². The van der Waals surface area contributed by atoms with Gasteiger partial charge in [-0.3, -0.25) is 9.59 Å². The van der Waals surface area contributed by atoms with Crippen LogP contribution in [0.1, 0.15) is 67.2 Å². The molecule has 3 N–H and O–H groups in total. The fourth-order valence-electron chi connectivity index (χ4n) is 5.38. The minimum atomic E-state index is -0.225. The summed E-state index contributed by atoms with van der Waals surface area (Å²) >= 11 is 0. The summed E-state index contributed by atoms with van der Waals surface area (Å²) in [5, 5.41) is 9.87. The first-order chi connectivity index (χ1) is 21.0. The molecule has 0 unspecified atom stereocenters. The number of methoxy groups -OCH3 is 1. The zero-order valence-electron chi connectivity index (χ0n) is 27.2. The summed E-state index contributed by atoms with van der Waals surface area (Å²) in [6.07, 6.45) is 3.37. The van der Waals surface area contributed by atoms with Gasteiger partial charge in [0.05, 0.1) is 12.3 Å². The molecule has 0 spiro atoms. The highest BCUT2D eigenvalue weighted by Gasteiger charge is 2.18. The van der Waals surface area contributed by atoms with Crippen molar-refractivity contribution in [3.63, 3.8) is 0 Å². The quantitative estimate of drug-likeness (QED) is 0.158. The number of carbonyl (C=O) groups is 1. The zero-order chi connectivity index (χ0) is 32.0. The van der Waals surface area contributed by atoms with Crippen molar-refractivity contribution in [2.24, 2.45) is 7.05 Å². The van der Waals surface area contributed by atoms with E-state index >= 15 is 0 Å². The van der Waals surface area contributed by atoms with E-state index in [-0.39, 0.29) is 22.7 Å². The molecule has 4 rings (SSSR count). The lowest BCUT2D eigenvalue weighted by Crippen LogP contribution is -2.22. The van der Waals surface area contributed by atoms with Gasteiger partial charge in [0.25, 0.3) is 11.5 Å². The third kappa shape index (κ3) is 7.19. The summed E-state index contributed by atoms with van der Waals surface area (Å²) in [6.45, 7) is 14.0. The molecule has 0 bridgehead atoms. The van der Waals surface area contributed by atoms with Crippen LogP contribution in [0.2, 0.25) is 0 Å². The van der Waals surface area contributed by atoms with Crippen LogP contribution in [0.15, 0.2) is 65.6 Å². The molecule has 0 radical (unpaired) electrons. The number of aryl methyl sites for hydroxylation is 1. The first-order valence-electron chi connectivity index (χ1n) is 15.2. The predicted molar refractivity (Wildman–Crippen MR) is 182 cm³/mol. The van der Waals surface area contributed by atoms with Gasteiger partial charge in [-0.1, -0.05) is 58.9 Å². The summed E-state index contributed by atoms with van der Waals surface area (Å²) in [6, 6.07) is 17.5. The van der Waals surface area contributed by atoms with Crippen molar-refractivity contribution in [1.29, 1.82) is 0 Å². The Morgan fingerprint density at radius 3 is 2.23 bits per heavy atom. The molecule has 4 aromatic rings. The van der Waals surface area contributed by atoms with E-state index in [1.54, 1.807) is 24.9 Å². The van der Waals surface area contributed by atoms with Crippen LogP contribution in [-0.2, 0) is 30.0 Å². The number of aromatic nitrogens is 2. The highest BCUT2D eigenvalue weighted by molar-refractivity contribution is 6.05. The number of ether oxygens (including phenoxy) is 1. The van der Waals surface area contributed by atoms with Crippen molar-refractivity contribution in [2.75, 3.05) is 36.2 Å². The number of nitrogens with zero attached hydrogens (tertiary/aromatic N) is 2. The summed E-state index contributed by atoms with van der Waals surface area (Å²) in [7, 11) is 3.41. The summed E-state index contributed by atoms with van der Waals surface area (Å²) in [4.78, 5) is 31.2. The van der Waals surface area contributed by atoms with Gasteiger partial charge in [-0.2, -0.15) is 0 Å². The molecule has 44 heavy (non-hydrogen) atoms. The highest BCUT2D eigenvalue weighted by atomic mass is 16.5. The molecule has 8 nitrogen and oxygen atoms in total. The molecule has 1 aromatic heterocycles. The van der Waals surface area contributed by atoms with Gasteiger partial charge < -0.3 is 25.3 Å². The van der Waals surface area contributed by atoms with Crippen molar-refractivity contribution in [1.82, 2.24) is 9.55 Å². The average Bonchev–Trinajstić information content (AvgIpc) is 3.00. The second kappa shape index (κ2) is 13.9. The number of anilines is 4. The monoisotopic (exact) mass is 595 g/mol. The Hall–Kier alpha value is -4.43. The van der Waals surface area contributed by atoms with Crippen LogP contribution in [-0.4, -0.2) is 35.7 Å². The third-order valence-electron chi connectivity index (χ3n) is 7.96. The van der Waals surface area contributed by atoms with Crippen LogP contribution >= 0.6 is 0 Å². The fraction of sp³-hybridized carbons (Fsp3) is 0.361. The van der Waals surface area contributed by atoms with Crippen molar-refractivity contribution >= 4 is 28.8 Å². The van der Waals surface area contributed by atoms with E-state index in [1.165, 1.54) is 11.1 Å². The Morgan fingerprint density at radius 1 is 0.932 bits per heavy atom. The van der Waals surface area contributed by atoms with Gasteiger partial charge in [0, 0.05) is 55.1 Å². The van der Waals surface area contributed by atoms with Crippen molar-refractivity contribution in [3.05, 3.63) is 99.0 Å². The lowest BCUT2D eigenvalue weighted by molar-refractivity contribution is 0.102. The van der Waals surface area contributed by atoms with Crippen LogP contribution in [0.25, 0.3) is 11.3 Å². The lowest BCUT2D eigenvalue weighted by atomic mass is 9.86. The van der Waals surface area contributed by atoms with E-state index in [9.17, 15) is 9.59 Å². The molecule has 0 saturated heterocycles. The molecule has 1 heterocycles. The predicted octanol–water partition coefficient (Wildman–Crippen LogP) is 7.23. The normalized spacial score (nSPS) is 11.4. The maximum Gasteiger partial charge on any atom is 0.293 e. The Labute approximate surface area is 260 Å². The molecule has 8 heteroatoms. The van der Waals surface area contributed by atoms with Gasteiger partial charge in [-0.05, 0) is 77.8 Å². The van der Waals surface area contributed by atoms with E-state index in [1.807, 2.05) is 61.5 Å². The van der Waals surface area contributed by atoms with Crippen LogP contribution in [0.5, 0.6) is 0 Å². The number of rotatable bonds is 11. The maximum atomic E-state index is 13.2. The molecule has 232 valence electrons. The van der Waals surface area contributed by atoms with E-state index in [0.717, 1.165) is 40.9 Å². The molecule has 0 saturated carbocycles. The number of nitrogens with one attached hydrogen (secondary N) is 3. The second-order valence-corrected chi connectivity index (χ2v) is 12.0. The number of hydrogen-bond acceptors (Lipinski definition) is 6. The van der Waals surface area contributed by atoms with Gasteiger partial charge >= 0.3 is 0 Å². The van der Waals surface area contributed by atoms with Gasteiger partial charge in [0.15, 0.2) is 5.82 Å². The largest absolute Gasteiger partial charge is 0.383 e. The molecular weight excluding hydrogens is 550 g/mol. The third-order valence-corrected chi connectivity index (χ3v) is 7.96. The standard InChI is InChI=1S/C36H45N5O3/c1-9-26-27(10-2)31(19-18-30(26)37-20-21-44-8)38-33-35(43)41(7)22-32(39-33)28-12-11-13-29(23(28)3)40-34(42)24-14-16-25(17-15-24)36(4,5)6/h11-19,22,37H,9-10,20-21H2,1-8H3,(H,38,39)(H,40,42). The van der Waals surface area contributed by atoms with E-state index in [4.69, 9.17) is 9.72 Å². The van der Waals surface area contributed by atoms with E-state index in [0.29, 0.717) is 30.1 Å². The maximum absolute atomic E-state index is 13.2. The van der Waals surface area contributed by atoms with Crippen molar-refractivity contribution in [3.8, 4) is 11.3 Å². The van der Waals surface area contributed by atoms with Gasteiger partial charge in [0.2, 0.25) is 0 Å². The SMILES string of the molecule is CCc1c(NCCOC)ccc(Nc2nc(-c3cccc(NC(=O)c4ccc(C(C)(C)C)cc4)c3C)cn(C)c2=O)c1CC. The molecule has 0 aliphatic heterocycles. The highest BCUT2D eigenvalue weighted by Crippen LogP contribution is 2.32. The molecule has 1 amide bonds. The minimum absolute atomic E-state index is 0.0115. The van der Waals surface area contributed by atoms with Crippen LogP contribution in [0.4, 0.5) is 22.9 Å². The molecular formula is C36H45N5O3. The number of carbonyl (C=O) groups excluding carboxylic acids is 1. The number of amides is 1. The average molecular weight is 596 g/mol. The van der Waals surface area contributed by atoms with Gasteiger partial charge in [0.1, 0.15) is 0 Å². The summed E-state index contributed by atoms with van der Waals surface area (Å²) < 4.78 is 6.74. The Morgan fingerprint density at radius 2 is 1.59 bits per heavy atom. The summed E-state index contributed by atoms with van der Waals surface area (Å²) in [5.74, 6) is 0.0649. The topological polar surface area (TPSA) is 97.3 Å². The molecule has 0 aliphatic rings. The Bertz CT molecular complexity index is 1680. The molecule has 3 aromatic carbocycles. The summed E-state index contributed by atoms with van der Waals surface area (Å²) in [5.41, 5.74) is 8.82. The molecule has 0 atom stereocenters. The van der Waals surface area contributed by atoms with Crippen molar-refractivity contribution < 1.29 is 9.53 Å². The molecule has 0 fully saturated rings. The van der Waals surface area contributed by atoms with Crippen LogP contribution < -0.4 is 21.5 Å². The van der Waals surface area contributed by atoms with Gasteiger partial charge in [-0.25, -0.2) is 4.98 Å². The Kier molecular flexibility index (Phi) is 10.3. The first kappa shape index (κ1) is 32.5. The zero-order valence-corrected chi connectivity index (χ0v) is 27.2. The molecule has 0 aliphatic carbocycles. The lowest BCUT2D eigenvalue weighted by Gasteiger charge is -2.20. The Balaban J connectivity index is 1.65.